The summed E-state index contributed by atoms with van der Waals surface area (Å²) in [4.78, 5) is 0. The maximum Gasteiger partial charge on any atom is 0.229 e. The number of nitrogen functional groups attached to an aromatic ring is 1. The molecule has 1 fully saturated rings. The van der Waals surface area contributed by atoms with Crippen molar-refractivity contribution in [1.29, 1.82) is 0 Å². The summed E-state index contributed by atoms with van der Waals surface area (Å²) in [5, 5.41) is 10.3. The third-order valence-electron chi connectivity index (χ3n) is 3.43. The molecule has 5 atom stereocenters. The van der Waals surface area contributed by atoms with Gasteiger partial charge in [-0.25, -0.2) is 0 Å². The third-order valence-corrected chi connectivity index (χ3v) is 3.43. The highest BCUT2D eigenvalue weighted by atomic mass is 16.7. The van der Waals surface area contributed by atoms with Gasteiger partial charge in [0.2, 0.25) is 6.29 Å². The average molecular weight is 283 g/mol. The van der Waals surface area contributed by atoms with Gasteiger partial charge in [-0.3, -0.25) is 0 Å². The van der Waals surface area contributed by atoms with Crippen LogP contribution in [0.1, 0.15) is 6.92 Å². The van der Waals surface area contributed by atoms with Crippen LogP contribution in [0.2, 0.25) is 0 Å². The summed E-state index contributed by atoms with van der Waals surface area (Å²) in [6, 6.07) is 6.89. The second kappa shape index (κ2) is 6.41. The van der Waals surface area contributed by atoms with E-state index in [1.807, 2.05) is 6.92 Å². The van der Waals surface area contributed by atoms with Crippen molar-refractivity contribution in [3.63, 3.8) is 0 Å². The summed E-state index contributed by atoms with van der Waals surface area (Å²) in [5.74, 6) is 0.571. The Kier molecular flexibility index (Phi) is 4.82. The molecule has 1 saturated heterocycles. The Morgan fingerprint density at radius 1 is 1.10 bits per heavy atom. The molecule has 0 aromatic heterocycles. The van der Waals surface area contributed by atoms with Crippen molar-refractivity contribution < 1.29 is 24.1 Å². The monoisotopic (exact) mass is 283 g/mol. The molecular weight excluding hydrogens is 262 g/mol. The van der Waals surface area contributed by atoms with Crippen LogP contribution in [0.25, 0.3) is 0 Å². The first-order chi connectivity index (χ1) is 9.56. The Labute approximate surface area is 118 Å². The number of hydrogen-bond donors (Lipinski definition) is 2. The number of hydrogen-bond acceptors (Lipinski definition) is 6. The predicted molar refractivity (Wildman–Crippen MR) is 73.4 cm³/mol. The van der Waals surface area contributed by atoms with Gasteiger partial charge in [0.25, 0.3) is 0 Å². The molecule has 1 aromatic carbocycles. The lowest BCUT2D eigenvalue weighted by molar-refractivity contribution is -0.277. The van der Waals surface area contributed by atoms with Gasteiger partial charge in [0.1, 0.15) is 24.1 Å². The number of nitrogens with two attached hydrogens (primary N) is 1. The van der Waals surface area contributed by atoms with Gasteiger partial charge in [-0.05, 0) is 31.2 Å². The molecule has 0 unspecified atom stereocenters. The van der Waals surface area contributed by atoms with E-state index in [4.69, 9.17) is 24.7 Å². The fourth-order valence-electron chi connectivity index (χ4n) is 2.36. The van der Waals surface area contributed by atoms with Crippen LogP contribution in [0.15, 0.2) is 24.3 Å². The topological polar surface area (TPSA) is 83.2 Å². The molecule has 0 aliphatic carbocycles. The highest BCUT2D eigenvalue weighted by molar-refractivity contribution is 5.41. The van der Waals surface area contributed by atoms with Gasteiger partial charge < -0.3 is 29.8 Å². The lowest BCUT2D eigenvalue weighted by atomic mass is 9.99. The molecule has 6 heteroatoms. The number of anilines is 1. The van der Waals surface area contributed by atoms with Crippen molar-refractivity contribution in [1.82, 2.24) is 0 Å². The van der Waals surface area contributed by atoms with Gasteiger partial charge in [-0.1, -0.05) is 0 Å². The smallest absolute Gasteiger partial charge is 0.229 e. The van der Waals surface area contributed by atoms with E-state index < -0.39 is 18.5 Å². The van der Waals surface area contributed by atoms with Gasteiger partial charge in [-0.15, -0.1) is 0 Å². The molecule has 1 aliphatic heterocycles. The van der Waals surface area contributed by atoms with Gasteiger partial charge in [0.05, 0.1) is 6.10 Å². The van der Waals surface area contributed by atoms with Crippen LogP contribution in [0.3, 0.4) is 0 Å². The first kappa shape index (κ1) is 15.1. The van der Waals surface area contributed by atoms with E-state index in [-0.39, 0.29) is 12.2 Å². The SMILES string of the molecule is CO[C@H]1[C@H](O)[C@@H](Oc2ccc(N)cc2)O[C@@H](C)[C@H]1OC. The molecule has 0 amide bonds. The third kappa shape index (κ3) is 3.04. The minimum atomic E-state index is -0.946. The lowest BCUT2D eigenvalue weighted by Gasteiger charge is -2.42. The maximum atomic E-state index is 10.3. The molecule has 1 heterocycles. The molecule has 6 nitrogen and oxygen atoms in total. The number of ether oxygens (including phenoxy) is 4. The van der Waals surface area contributed by atoms with Crippen LogP contribution in [0.5, 0.6) is 5.75 Å². The Bertz CT molecular complexity index is 424. The van der Waals surface area contributed by atoms with Crippen molar-refractivity contribution in [2.75, 3.05) is 20.0 Å². The molecule has 2 rings (SSSR count). The molecule has 0 spiro atoms. The zero-order valence-corrected chi connectivity index (χ0v) is 11.9. The van der Waals surface area contributed by atoms with E-state index in [2.05, 4.69) is 0 Å². The first-order valence-corrected chi connectivity index (χ1v) is 6.48. The minimum Gasteiger partial charge on any atom is -0.462 e. The van der Waals surface area contributed by atoms with Gasteiger partial charge >= 0.3 is 0 Å². The predicted octanol–water partition coefficient (Wildman–Crippen LogP) is 0.783. The Morgan fingerprint density at radius 2 is 1.70 bits per heavy atom. The average Bonchev–Trinajstić information content (AvgIpc) is 2.44. The van der Waals surface area contributed by atoms with E-state index in [1.54, 1.807) is 31.4 Å². The van der Waals surface area contributed by atoms with Gasteiger partial charge in [0, 0.05) is 19.9 Å². The molecule has 1 aromatic rings. The van der Waals surface area contributed by atoms with Gasteiger partial charge in [0.15, 0.2) is 0 Å². The molecule has 3 N–H and O–H groups in total. The Morgan fingerprint density at radius 3 is 2.25 bits per heavy atom. The van der Waals surface area contributed by atoms with E-state index in [0.29, 0.717) is 11.4 Å². The van der Waals surface area contributed by atoms with E-state index in [1.165, 1.54) is 7.11 Å². The number of aliphatic hydroxyl groups is 1. The van der Waals surface area contributed by atoms with Crippen LogP contribution in [-0.4, -0.2) is 50.0 Å². The van der Waals surface area contributed by atoms with Crippen molar-refractivity contribution in [3.05, 3.63) is 24.3 Å². The van der Waals surface area contributed by atoms with Crippen molar-refractivity contribution in [2.24, 2.45) is 0 Å². The summed E-state index contributed by atoms with van der Waals surface area (Å²) < 4.78 is 21.9. The summed E-state index contributed by atoms with van der Waals surface area (Å²) in [5.41, 5.74) is 6.26. The van der Waals surface area contributed by atoms with Crippen LogP contribution < -0.4 is 10.5 Å². The van der Waals surface area contributed by atoms with E-state index >= 15 is 0 Å². The summed E-state index contributed by atoms with van der Waals surface area (Å²) >= 11 is 0. The molecule has 20 heavy (non-hydrogen) atoms. The molecule has 112 valence electrons. The van der Waals surface area contributed by atoms with E-state index in [9.17, 15) is 5.11 Å². The zero-order chi connectivity index (χ0) is 14.7. The maximum absolute atomic E-state index is 10.3. The second-order valence-corrected chi connectivity index (χ2v) is 4.79. The van der Waals surface area contributed by atoms with Gasteiger partial charge in [-0.2, -0.15) is 0 Å². The number of benzene rings is 1. The molecule has 0 saturated carbocycles. The van der Waals surface area contributed by atoms with Crippen molar-refractivity contribution in [2.45, 2.75) is 37.6 Å². The summed E-state index contributed by atoms with van der Waals surface area (Å²) in [6.45, 7) is 1.85. The summed E-state index contributed by atoms with van der Waals surface area (Å²) in [6.07, 6.45) is -2.88. The molecular formula is C14H21NO5. The lowest BCUT2D eigenvalue weighted by Crippen LogP contribution is -2.59. The van der Waals surface area contributed by atoms with Crippen molar-refractivity contribution >= 4 is 5.69 Å². The molecule has 1 aliphatic rings. The second-order valence-electron chi connectivity index (χ2n) is 4.79. The van der Waals surface area contributed by atoms with Crippen LogP contribution >= 0.6 is 0 Å². The highest BCUT2D eigenvalue weighted by Crippen LogP contribution is 2.27. The first-order valence-electron chi connectivity index (χ1n) is 6.48. The molecule has 0 bridgehead atoms. The quantitative estimate of drug-likeness (QED) is 0.795. The van der Waals surface area contributed by atoms with Crippen LogP contribution in [0, 0.1) is 0 Å². The number of methoxy groups -OCH3 is 2. The zero-order valence-electron chi connectivity index (χ0n) is 11.9. The largest absolute Gasteiger partial charge is 0.462 e. The fourth-order valence-corrected chi connectivity index (χ4v) is 2.36. The molecule has 0 radical (unpaired) electrons. The minimum absolute atomic E-state index is 0.257. The highest BCUT2D eigenvalue weighted by Gasteiger charge is 2.45. The number of rotatable bonds is 4. The Balaban J connectivity index is 2.10. The normalized spacial score (nSPS) is 33.9. The standard InChI is InChI=1S/C14H21NO5/c1-8-12(17-2)13(18-3)11(16)14(19-8)20-10-6-4-9(15)5-7-10/h4-8,11-14,16H,15H2,1-3H3/t8-,11-,12+,13-,14+/m0/s1. The Hall–Kier alpha value is -1.34. The van der Waals surface area contributed by atoms with Crippen LogP contribution in [0.4, 0.5) is 5.69 Å². The van der Waals surface area contributed by atoms with Crippen LogP contribution in [-0.2, 0) is 14.2 Å². The summed E-state index contributed by atoms with van der Waals surface area (Å²) in [7, 11) is 3.09. The van der Waals surface area contributed by atoms with Crippen molar-refractivity contribution in [3.8, 4) is 5.75 Å². The fraction of sp³-hybridized carbons (Fsp3) is 0.571. The van der Waals surface area contributed by atoms with E-state index in [0.717, 1.165) is 0 Å². The number of aliphatic hydroxyl groups excluding tert-OH is 1.